The van der Waals surface area contributed by atoms with Gasteiger partial charge in [0.25, 0.3) is 0 Å². The first-order chi connectivity index (χ1) is 9.24. The zero-order chi connectivity index (χ0) is 13.2. The summed E-state index contributed by atoms with van der Waals surface area (Å²) in [4.78, 5) is 9.02. The highest BCUT2D eigenvalue weighted by atomic mass is 32.1. The molecule has 0 aliphatic rings. The first-order valence-electron chi connectivity index (χ1n) is 6.27. The normalized spacial score (nSPS) is 12.5. The van der Waals surface area contributed by atoms with Crippen molar-refractivity contribution in [2.45, 2.75) is 19.9 Å². The highest BCUT2D eigenvalue weighted by Crippen LogP contribution is 2.29. The molecule has 1 N–H and O–H groups in total. The zero-order valence-electron chi connectivity index (χ0n) is 10.9. The Bertz CT molecular complexity index is 691. The number of fused-ring (bicyclic) bond motifs is 1. The molecule has 3 nitrogen and oxygen atoms in total. The molecule has 0 radical (unpaired) electrons. The van der Waals surface area contributed by atoms with Crippen molar-refractivity contribution in [2.75, 3.05) is 5.32 Å². The van der Waals surface area contributed by atoms with Crippen LogP contribution in [0.5, 0.6) is 0 Å². The topological polar surface area (TPSA) is 37.8 Å². The van der Waals surface area contributed by atoms with Crippen molar-refractivity contribution >= 4 is 26.7 Å². The van der Waals surface area contributed by atoms with Crippen LogP contribution in [0, 0.1) is 6.92 Å². The average molecular weight is 269 g/mol. The Morgan fingerprint density at radius 3 is 2.79 bits per heavy atom. The Labute approximate surface area is 116 Å². The Balaban J connectivity index is 1.88. The van der Waals surface area contributed by atoms with E-state index in [0.29, 0.717) is 0 Å². The molecule has 0 fully saturated rings. The number of pyridine rings is 1. The SMILES string of the molecule is Cc1cccc2sc(NC(C)c3ccccn3)nc12. The highest BCUT2D eigenvalue weighted by molar-refractivity contribution is 7.22. The zero-order valence-corrected chi connectivity index (χ0v) is 11.7. The number of benzene rings is 1. The van der Waals surface area contributed by atoms with E-state index >= 15 is 0 Å². The summed E-state index contributed by atoms with van der Waals surface area (Å²) >= 11 is 1.68. The summed E-state index contributed by atoms with van der Waals surface area (Å²) in [6.45, 7) is 4.19. The van der Waals surface area contributed by atoms with Gasteiger partial charge in [0, 0.05) is 6.20 Å². The van der Waals surface area contributed by atoms with Gasteiger partial charge in [-0.3, -0.25) is 4.98 Å². The highest BCUT2D eigenvalue weighted by Gasteiger charge is 2.10. The largest absolute Gasteiger partial charge is 0.353 e. The van der Waals surface area contributed by atoms with E-state index in [2.05, 4.69) is 47.3 Å². The van der Waals surface area contributed by atoms with Crippen LogP contribution in [0.1, 0.15) is 24.2 Å². The summed E-state index contributed by atoms with van der Waals surface area (Å²) in [6.07, 6.45) is 1.82. The van der Waals surface area contributed by atoms with Crippen LogP contribution in [-0.2, 0) is 0 Å². The van der Waals surface area contributed by atoms with Crippen molar-refractivity contribution < 1.29 is 0 Å². The molecule has 3 aromatic rings. The Kier molecular flexibility index (Phi) is 3.17. The molecule has 96 valence electrons. The Morgan fingerprint density at radius 2 is 2.05 bits per heavy atom. The lowest BCUT2D eigenvalue weighted by atomic mass is 10.2. The molecular formula is C15H15N3S. The number of anilines is 1. The molecular weight excluding hydrogens is 254 g/mol. The third-order valence-electron chi connectivity index (χ3n) is 3.09. The van der Waals surface area contributed by atoms with E-state index < -0.39 is 0 Å². The fourth-order valence-corrected chi connectivity index (χ4v) is 3.07. The minimum atomic E-state index is 0.155. The van der Waals surface area contributed by atoms with Crippen molar-refractivity contribution in [1.29, 1.82) is 0 Å². The van der Waals surface area contributed by atoms with E-state index in [-0.39, 0.29) is 6.04 Å². The quantitative estimate of drug-likeness (QED) is 0.775. The molecule has 0 bridgehead atoms. The molecule has 19 heavy (non-hydrogen) atoms. The predicted octanol–water partition coefficient (Wildman–Crippen LogP) is 4.17. The molecule has 0 aliphatic heterocycles. The minimum Gasteiger partial charge on any atom is -0.353 e. The van der Waals surface area contributed by atoms with Crippen molar-refractivity contribution in [3.63, 3.8) is 0 Å². The Morgan fingerprint density at radius 1 is 1.16 bits per heavy atom. The minimum absolute atomic E-state index is 0.155. The lowest BCUT2D eigenvalue weighted by Crippen LogP contribution is -2.07. The average Bonchev–Trinajstić information content (AvgIpc) is 2.84. The van der Waals surface area contributed by atoms with E-state index in [4.69, 9.17) is 0 Å². The second-order valence-corrected chi connectivity index (χ2v) is 5.59. The maximum absolute atomic E-state index is 4.66. The summed E-state index contributed by atoms with van der Waals surface area (Å²) in [5.41, 5.74) is 3.33. The van der Waals surface area contributed by atoms with Crippen molar-refractivity contribution in [2.24, 2.45) is 0 Å². The number of hydrogen-bond acceptors (Lipinski definition) is 4. The third-order valence-corrected chi connectivity index (χ3v) is 4.04. The van der Waals surface area contributed by atoms with Crippen LogP contribution in [0.15, 0.2) is 42.6 Å². The van der Waals surface area contributed by atoms with E-state index in [1.165, 1.54) is 10.3 Å². The third kappa shape index (κ3) is 2.44. The molecule has 0 saturated carbocycles. The van der Waals surface area contributed by atoms with Gasteiger partial charge in [0.2, 0.25) is 0 Å². The van der Waals surface area contributed by atoms with Gasteiger partial charge in [-0.2, -0.15) is 0 Å². The second-order valence-electron chi connectivity index (χ2n) is 4.56. The van der Waals surface area contributed by atoms with Crippen LogP contribution in [0.3, 0.4) is 0 Å². The molecule has 3 rings (SSSR count). The van der Waals surface area contributed by atoms with Crippen LogP contribution in [0.25, 0.3) is 10.2 Å². The smallest absolute Gasteiger partial charge is 0.184 e. The van der Waals surface area contributed by atoms with Crippen LogP contribution in [0.4, 0.5) is 5.13 Å². The van der Waals surface area contributed by atoms with Gasteiger partial charge in [-0.15, -0.1) is 0 Å². The van der Waals surface area contributed by atoms with Gasteiger partial charge in [0.15, 0.2) is 5.13 Å². The van der Waals surface area contributed by atoms with Gasteiger partial charge in [-0.25, -0.2) is 4.98 Å². The summed E-state index contributed by atoms with van der Waals surface area (Å²) in [5, 5.41) is 4.37. The monoisotopic (exact) mass is 269 g/mol. The lowest BCUT2D eigenvalue weighted by molar-refractivity contribution is 0.838. The summed E-state index contributed by atoms with van der Waals surface area (Å²) in [5.74, 6) is 0. The number of para-hydroxylation sites is 1. The number of aromatic nitrogens is 2. The maximum Gasteiger partial charge on any atom is 0.184 e. The van der Waals surface area contributed by atoms with Gasteiger partial charge in [-0.05, 0) is 37.6 Å². The maximum atomic E-state index is 4.66. The molecule has 1 atom stereocenters. The van der Waals surface area contributed by atoms with Crippen molar-refractivity contribution in [3.05, 3.63) is 53.9 Å². The summed E-state index contributed by atoms with van der Waals surface area (Å²) in [7, 11) is 0. The van der Waals surface area contributed by atoms with E-state index in [1.807, 2.05) is 24.4 Å². The summed E-state index contributed by atoms with van der Waals surface area (Å²) < 4.78 is 1.22. The Hall–Kier alpha value is -1.94. The molecule has 1 aromatic carbocycles. The number of hydrogen-bond donors (Lipinski definition) is 1. The molecule has 0 aliphatic carbocycles. The second kappa shape index (κ2) is 4.97. The van der Waals surface area contributed by atoms with Gasteiger partial charge in [0.1, 0.15) is 0 Å². The number of thiazole rings is 1. The van der Waals surface area contributed by atoms with Crippen LogP contribution in [-0.4, -0.2) is 9.97 Å². The molecule has 0 saturated heterocycles. The lowest BCUT2D eigenvalue weighted by Gasteiger charge is -2.11. The first kappa shape index (κ1) is 12.1. The van der Waals surface area contributed by atoms with Gasteiger partial charge >= 0.3 is 0 Å². The molecule has 0 amide bonds. The van der Waals surface area contributed by atoms with Crippen LogP contribution >= 0.6 is 11.3 Å². The number of aryl methyl sites for hydroxylation is 1. The predicted molar refractivity (Wildman–Crippen MR) is 80.6 cm³/mol. The molecule has 4 heteroatoms. The van der Waals surface area contributed by atoms with E-state index in [9.17, 15) is 0 Å². The van der Waals surface area contributed by atoms with Crippen LogP contribution in [0.2, 0.25) is 0 Å². The number of nitrogens with zero attached hydrogens (tertiary/aromatic N) is 2. The van der Waals surface area contributed by atoms with Crippen molar-refractivity contribution in [1.82, 2.24) is 9.97 Å². The standard InChI is InChI=1S/C15H15N3S/c1-10-6-5-8-13-14(10)18-15(19-13)17-11(2)12-7-3-4-9-16-12/h3-9,11H,1-2H3,(H,17,18). The molecule has 0 spiro atoms. The summed E-state index contributed by atoms with van der Waals surface area (Å²) in [6, 6.07) is 12.4. The van der Waals surface area contributed by atoms with E-state index in [0.717, 1.165) is 16.3 Å². The fraction of sp³-hybridized carbons (Fsp3) is 0.200. The van der Waals surface area contributed by atoms with Gasteiger partial charge < -0.3 is 5.32 Å². The van der Waals surface area contributed by atoms with E-state index in [1.54, 1.807) is 11.3 Å². The van der Waals surface area contributed by atoms with Gasteiger partial charge in [-0.1, -0.05) is 29.5 Å². The molecule has 1 unspecified atom stereocenters. The first-order valence-corrected chi connectivity index (χ1v) is 7.09. The fourth-order valence-electron chi connectivity index (χ4n) is 2.04. The van der Waals surface area contributed by atoms with Crippen LogP contribution < -0.4 is 5.32 Å². The molecule has 2 aromatic heterocycles. The van der Waals surface area contributed by atoms with Crippen molar-refractivity contribution in [3.8, 4) is 0 Å². The number of nitrogens with one attached hydrogen (secondary N) is 1. The van der Waals surface area contributed by atoms with Gasteiger partial charge in [0.05, 0.1) is 22.0 Å². The number of rotatable bonds is 3. The molecule has 2 heterocycles.